The summed E-state index contributed by atoms with van der Waals surface area (Å²) in [5.41, 5.74) is 7.32. The quantitative estimate of drug-likeness (QED) is 0.725. The maximum Gasteiger partial charge on any atom is 0.159 e. The van der Waals surface area contributed by atoms with Gasteiger partial charge in [0, 0.05) is 33.0 Å². The molecule has 0 unspecified atom stereocenters. The van der Waals surface area contributed by atoms with Gasteiger partial charge in [0.15, 0.2) is 11.6 Å². The molecule has 3 N–H and O–H groups in total. The van der Waals surface area contributed by atoms with Crippen LogP contribution in [0.2, 0.25) is 0 Å². The molecule has 0 saturated heterocycles. The van der Waals surface area contributed by atoms with Crippen LogP contribution in [0.1, 0.15) is 0 Å². The maximum atomic E-state index is 13.0. The fraction of sp³-hybridized carbons (Fsp3) is 0.375. The highest BCUT2D eigenvalue weighted by Crippen LogP contribution is 2.28. The van der Waals surface area contributed by atoms with Gasteiger partial charge in [-0.15, -0.1) is 0 Å². The minimum absolute atomic E-state index is 0.304. The van der Waals surface area contributed by atoms with Gasteiger partial charge in [0.1, 0.15) is 17.8 Å². The van der Waals surface area contributed by atoms with Gasteiger partial charge < -0.3 is 25.4 Å². The Hall–Kier alpha value is -2.45. The molecule has 2 rings (SSSR count). The fourth-order valence-electron chi connectivity index (χ4n) is 2.13. The van der Waals surface area contributed by atoms with E-state index in [0.717, 1.165) is 0 Å². The number of nitrogens with zero attached hydrogens (tertiary/aromatic N) is 3. The molecule has 1 aromatic carbocycles. The summed E-state index contributed by atoms with van der Waals surface area (Å²) < 4.78 is 23.3. The van der Waals surface area contributed by atoms with Crippen molar-refractivity contribution in [2.24, 2.45) is 0 Å². The summed E-state index contributed by atoms with van der Waals surface area (Å²) in [6, 6.07) is 5.96. The molecule has 0 aliphatic carbocycles. The second kappa shape index (κ2) is 8.99. The number of rotatable bonds is 9. The van der Waals surface area contributed by atoms with Crippen molar-refractivity contribution in [3.05, 3.63) is 36.4 Å². The van der Waals surface area contributed by atoms with E-state index < -0.39 is 0 Å². The molecule has 1 aromatic heterocycles. The van der Waals surface area contributed by atoms with Crippen molar-refractivity contribution in [3.63, 3.8) is 0 Å². The van der Waals surface area contributed by atoms with Crippen LogP contribution in [0.15, 0.2) is 30.6 Å². The van der Waals surface area contributed by atoms with Crippen LogP contribution in [0.3, 0.4) is 0 Å². The van der Waals surface area contributed by atoms with Gasteiger partial charge in [0.25, 0.3) is 0 Å². The second-order valence-corrected chi connectivity index (χ2v) is 5.06. The van der Waals surface area contributed by atoms with E-state index in [-0.39, 0.29) is 5.82 Å². The smallest absolute Gasteiger partial charge is 0.159 e. The summed E-state index contributed by atoms with van der Waals surface area (Å²) in [5.74, 6) is 0.761. The first-order valence-corrected chi connectivity index (χ1v) is 7.51. The van der Waals surface area contributed by atoms with Gasteiger partial charge in [-0.3, -0.25) is 0 Å². The Bertz CT molecular complexity index is 631. The predicted molar refractivity (Wildman–Crippen MR) is 92.1 cm³/mol. The van der Waals surface area contributed by atoms with Crippen molar-refractivity contribution >= 4 is 23.0 Å². The Kier molecular flexibility index (Phi) is 6.71. The zero-order chi connectivity index (χ0) is 17.4. The molecule has 130 valence electrons. The van der Waals surface area contributed by atoms with Crippen LogP contribution in [0.4, 0.5) is 27.4 Å². The molecule has 8 heteroatoms. The minimum atomic E-state index is -0.304. The number of nitrogen functional groups attached to an aromatic ring is 1. The maximum absolute atomic E-state index is 13.0. The Labute approximate surface area is 140 Å². The summed E-state index contributed by atoms with van der Waals surface area (Å²) >= 11 is 0. The summed E-state index contributed by atoms with van der Waals surface area (Å²) in [6.07, 6.45) is 1.43. The third-order valence-corrected chi connectivity index (χ3v) is 3.40. The van der Waals surface area contributed by atoms with Crippen molar-refractivity contribution in [2.75, 3.05) is 56.5 Å². The zero-order valence-electron chi connectivity index (χ0n) is 13.8. The molecule has 0 spiro atoms. The lowest BCUT2D eigenvalue weighted by atomic mass is 10.3. The van der Waals surface area contributed by atoms with Crippen LogP contribution in [-0.4, -0.2) is 50.5 Å². The second-order valence-electron chi connectivity index (χ2n) is 5.06. The summed E-state index contributed by atoms with van der Waals surface area (Å²) in [6.45, 7) is 2.32. The van der Waals surface area contributed by atoms with Crippen LogP contribution in [-0.2, 0) is 9.47 Å². The Morgan fingerprint density at radius 3 is 2.29 bits per heavy atom. The molecular weight excluding hydrogens is 313 g/mol. The summed E-state index contributed by atoms with van der Waals surface area (Å²) in [5, 5.41) is 3.07. The molecule has 0 radical (unpaired) electrons. The van der Waals surface area contributed by atoms with Gasteiger partial charge in [-0.1, -0.05) is 0 Å². The molecule has 7 nitrogen and oxygen atoms in total. The molecule has 0 aliphatic rings. The van der Waals surface area contributed by atoms with Crippen molar-refractivity contribution in [1.29, 1.82) is 0 Å². The molecule has 0 atom stereocenters. The van der Waals surface area contributed by atoms with E-state index in [1.165, 1.54) is 18.5 Å². The number of aromatic nitrogens is 2. The lowest BCUT2D eigenvalue weighted by molar-refractivity contribution is 0.190. The van der Waals surface area contributed by atoms with Gasteiger partial charge in [0.2, 0.25) is 0 Å². The largest absolute Gasteiger partial charge is 0.393 e. The van der Waals surface area contributed by atoms with Crippen molar-refractivity contribution in [3.8, 4) is 0 Å². The number of methoxy groups -OCH3 is 2. The van der Waals surface area contributed by atoms with Crippen LogP contribution in [0.5, 0.6) is 0 Å². The fourth-order valence-corrected chi connectivity index (χ4v) is 2.13. The van der Waals surface area contributed by atoms with Gasteiger partial charge in [-0.05, 0) is 24.3 Å². The number of anilines is 4. The van der Waals surface area contributed by atoms with E-state index in [1.54, 1.807) is 26.4 Å². The molecule has 0 fully saturated rings. The number of nitrogens with one attached hydrogen (secondary N) is 1. The van der Waals surface area contributed by atoms with Gasteiger partial charge in [-0.2, -0.15) is 0 Å². The third-order valence-electron chi connectivity index (χ3n) is 3.40. The topological polar surface area (TPSA) is 85.5 Å². The lowest BCUT2D eigenvalue weighted by Gasteiger charge is -2.25. The van der Waals surface area contributed by atoms with Crippen molar-refractivity contribution in [1.82, 2.24) is 9.97 Å². The number of hydrogen-bond acceptors (Lipinski definition) is 7. The van der Waals surface area contributed by atoms with Gasteiger partial charge in [0.05, 0.1) is 13.2 Å². The normalized spacial score (nSPS) is 10.6. The molecule has 0 saturated carbocycles. The van der Waals surface area contributed by atoms with Gasteiger partial charge in [-0.25, -0.2) is 14.4 Å². The van der Waals surface area contributed by atoms with Gasteiger partial charge >= 0.3 is 0 Å². The molecule has 0 amide bonds. The molecule has 2 aromatic rings. The molecule has 0 bridgehead atoms. The molecular formula is C16H22FN5O2. The van der Waals surface area contributed by atoms with E-state index in [2.05, 4.69) is 15.3 Å². The van der Waals surface area contributed by atoms with Crippen LogP contribution in [0.25, 0.3) is 0 Å². The first kappa shape index (κ1) is 17.9. The van der Waals surface area contributed by atoms with Crippen molar-refractivity contribution in [2.45, 2.75) is 0 Å². The van der Waals surface area contributed by atoms with E-state index in [1.807, 2.05) is 4.90 Å². The number of ether oxygens (including phenoxy) is 2. The summed E-state index contributed by atoms with van der Waals surface area (Å²) in [4.78, 5) is 10.4. The highest BCUT2D eigenvalue weighted by atomic mass is 19.1. The van der Waals surface area contributed by atoms with E-state index in [0.29, 0.717) is 49.3 Å². The Morgan fingerprint density at radius 2 is 1.71 bits per heavy atom. The first-order chi connectivity index (χ1) is 11.7. The third kappa shape index (κ3) is 4.77. The average molecular weight is 335 g/mol. The average Bonchev–Trinajstić information content (AvgIpc) is 2.59. The molecule has 0 aliphatic heterocycles. The van der Waals surface area contributed by atoms with E-state index >= 15 is 0 Å². The standard InChI is InChI=1S/C16H22FN5O2/c1-23-9-7-22(8-10-24-2)16-14(18)15(19-11-20-16)21-13-5-3-12(17)4-6-13/h3-6,11H,7-10,18H2,1-2H3,(H,19,20,21). The molecule has 1 heterocycles. The number of nitrogens with two attached hydrogens (primary N) is 1. The van der Waals surface area contributed by atoms with E-state index in [9.17, 15) is 4.39 Å². The van der Waals surface area contributed by atoms with Crippen LogP contribution >= 0.6 is 0 Å². The van der Waals surface area contributed by atoms with Crippen LogP contribution in [0, 0.1) is 5.82 Å². The van der Waals surface area contributed by atoms with Crippen molar-refractivity contribution < 1.29 is 13.9 Å². The first-order valence-electron chi connectivity index (χ1n) is 7.51. The SMILES string of the molecule is COCCN(CCOC)c1ncnc(Nc2ccc(F)cc2)c1N. The summed E-state index contributed by atoms with van der Waals surface area (Å²) in [7, 11) is 3.28. The number of benzene rings is 1. The predicted octanol–water partition coefficient (Wildman–Crippen LogP) is 2.04. The zero-order valence-corrected chi connectivity index (χ0v) is 13.8. The number of hydrogen-bond donors (Lipinski definition) is 2. The van der Waals surface area contributed by atoms with Crippen LogP contribution < -0.4 is 16.0 Å². The highest BCUT2D eigenvalue weighted by Gasteiger charge is 2.15. The monoisotopic (exact) mass is 335 g/mol. The Morgan fingerprint density at radius 1 is 1.08 bits per heavy atom. The van der Waals surface area contributed by atoms with E-state index in [4.69, 9.17) is 15.2 Å². The number of halogens is 1. The Balaban J connectivity index is 2.22. The minimum Gasteiger partial charge on any atom is -0.393 e. The highest BCUT2D eigenvalue weighted by molar-refractivity contribution is 5.78. The molecule has 24 heavy (non-hydrogen) atoms. The lowest BCUT2D eigenvalue weighted by Crippen LogP contribution is -2.32.